The smallest absolute Gasteiger partial charge is 0.301 e. The van der Waals surface area contributed by atoms with Crippen molar-refractivity contribution in [3.05, 3.63) is 0 Å². The molecule has 0 fully saturated rings. The van der Waals surface area contributed by atoms with Crippen LogP contribution in [0.5, 0.6) is 0 Å². The van der Waals surface area contributed by atoms with E-state index in [2.05, 4.69) is 5.32 Å². The lowest BCUT2D eigenvalue weighted by atomic mass is 10.1. The molecule has 0 aliphatic carbocycles. The van der Waals surface area contributed by atoms with E-state index in [0.29, 0.717) is 0 Å². The number of hydrogen-bond acceptors (Lipinski definition) is 1. The van der Waals surface area contributed by atoms with Crippen molar-refractivity contribution in [3.63, 3.8) is 0 Å². The Balaban J connectivity index is 3.89. The zero-order valence-electron chi connectivity index (χ0n) is 6.51. The van der Waals surface area contributed by atoms with Crippen LogP contribution in [-0.2, 0) is 0 Å². The molecule has 0 aromatic rings. The molecule has 0 unspecified atom stereocenters. The maximum Gasteiger partial charge on any atom is 0.401 e. The van der Waals surface area contributed by atoms with Gasteiger partial charge in [-0.25, -0.2) is 0 Å². The molecular weight excluding hydrogens is 214 g/mol. The van der Waals surface area contributed by atoms with Crippen LogP contribution in [0.2, 0.25) is 0 Å². The predicted molar refractivity (Wildman–Crippen MR) is 43.9 cm³/mol. The minimum absolute atomic E-state index is 0.0482. The Morgan fingerprint density at radius 3 is 1.83 bits per heavy atom. The fourth-order valence-electron chi connectivity index (χ4n) is 0.444. The summed E-state index contributed by atoms with van der Waals surface area (Å²) in [5.74, 6) is 0.0964. The maximum absolute atomic E-state index is 11.7. The van der Waals surface area contributed by atoms with Gasteiger partial charge in [0, 0.05) is 17.3 Å². The third-order valence-electron chi connectivity index (χ3n) is 1.31. The largest absolute Gasteiger partial charge is 0.401 e. The van der Waals surface area contributed by atoms with E-state index in [1.165, 1.54) is 0 Å². The van der Waals surface area contributed by atoms with Crippen LogP contribution in [0, 0.1) is 0 Å². The Labute approximate surface area is 79.2 Å². The summed E-state index contributed by atoms with van der Waals surface area (Å²) in [6.07, 6.45) is -4.22. The van der Waals surface area contributed by atoms with Gasteiger partial charge in [0.1, 0.15) is 0 Å². The SMILES string of the molecule is CC(CCl)(CCl)NCC(F)(F)F. The van der Waals surface area contributed by atoms with Gasteiger partial charge in [-0.3, -0.25) is 0 Å². The molecule has 0 rings (SSSR count). The van der Waals surface area contributed by atoms with Crippen LogP contribution in [0.25, 0.3) is 0 Å². The topological polar surface area (TPSA) is 12.0 Å². The number of alkyl halides is 5. The van der Waals surface area contributed by atoms with Crippen molar-refractivity contribution in [2.45, 2.75) is 18.6 Å². The number of halogens is 5. The molecule has 6 heteroatoms. The quantitative estimate of drug-likeness (QED) is 0.723. The molecule has 0 aromatic carbocycles. The lowest BCUT2D eigenvalue weighted by molar-refractivity contribution is -0.127. The van der Waals surface area contributed by atoms with Gasteiger partial charge in [-0.2, -0.15) is 13.2 Å². The van der Waals surface area contributed by atoms with Crippen molar-refractivity contribution in [1.29, 1.82) is 0 Å². The van der Waals surface area contributed by atoms with Gasteiger partial charge in [0.2, 0.25) is 0 Å². The molecule has 0 heterocycles. The van der Waals surface area contributed by atoms with Crippen molar-refractivity contribution in [2.24, 2.45) is 0 Å². The Bertz CT molecular complexity index is 133. The minimum Gasteiger partial charge on any atom is -0.301 e. The highest BCUT2D eigenvalue weighted by Gasteiger charge is 2.31. The first kappa shape index (κ1) is 12.3. The van der Waals surface area contributed by atoms with Gasteiger partial charge < -0.3 is 5.32 Å². The third-order valence-corrected chi connectivity index (χ3v) is 2.49. The van der Waals surface area contributed by atoms with E-state index in [9.17, 15) is 13.2 Å². The van der Waals surface area contributed by atoms with E-state index in [0.717, 1.165) is 0 Å². The molecule has 0 amide bonds. The van der Waals surface area contributed by atoms with E-state index in [1.54, 1.807) is 6.92 Å². The molecule has 0 aromatic heterocycles. The molecule has 0 radical (unpaired) electrons. The van der Waals surface area contributed by atoms with Crippen LogP contribution in [0.3, 0.4) is 0 Å². The first-order valence-corrected chi connectivity index (χ1v) is 4.33. The first-order valence-electron chi connectivity index (χ1n) is 3.27. The number of rotatable bonds is 4. The van der Waals surface area contributed by atoms with Gasteiger partial charge in [0.15, 0.2) is 0 Å². The summed E-state index contributed by atoms with van der Waals surface area (Å²) >= 11 is 10.8. The lowest BCUT2D eigenvalue weighted by Crippen LogP contribution is -2.49. The zero-order valence-corrected chi connectivity index (χ0v) is 8.02. The van der Waals surface area contributed by atoms with E-state index < -0.39 is 18.3 Å². The minimum atomic E-state index is -4.22. The summed E-state index contributed by atoms with van der Waals surface area (Å²) in [7, 11) is 0. The first-order chi connectivity index (χ1) is 5.33. The summed E-state index contributed by atoms with van der Waals surface area (Å²) < 4.78 is 35.1. The molecule has 0 saturated carbocycles. The highest BCUT2D eigenvalue weighted by Crippen LogP contribution is 2.16. The maximum atomic E-state index is 11.7. The van der Waals surface area contributed by atoms with Crippen molar-refractivity contribution in [3.8, 4) is 0 Å². The predicted octanol–water partition coefficient (Wildman–Crippen LogP) is 2.37. The molecular formula is C6H10Cl2F3N. The Kier molecular flexibility index (Phi) is 4.66. The van der Waals surface area contributed by atoms with Gasteiger partial charge in [-0.05, 0) is 6.92 Å². The third kappa shape index (κ3) is 5.06. The second-order valence-corrected chi connectivity index (χ2v) is 3.33. The Hall–Kier alpha value is 0.330. The summed E-state index contributed by atoms with van der Waals surface area (Å²) in [6.45, 7) is 0.474. The summed E-state index contributed by atoms with van der Waals surface area (Å²) in [6, 6.07) is 0. The van der Waals surface area contributed by atoms with Crippen LogP contribution in [0.1, 0.15) is 6.92 Å². The van der Waals surface area contributed by atoms with Crippen LogP contribution >= 0.6 is 23.2 Å². The Morgan fingerprint density at radius 2 is 1.58 bits per heavy atom. The summed E-state index contributed by atoms with van der Waals surface area (Å²) in [4.78, 5) is 0. The normalized spacial score (nSPS) is 13.5. The molecule has 0 bridgehead atoms. The standard InChI is InChI=1S/C6H10Cl2F3N/c1-5(2-7,3-8)12-4-6(9,10)11/h12H,2-4H2,1H3. The van der Waals surface area contributed by atoms with Gasteiger partial charge in [0.05, 0.1) is 6.54 Å². The number of nitrogens with one attached hydrogen (secondary N) is 1. The van der Waals surface area contributed by atoms with Crippen LogP contribution < -0.4 is 5.32 Å². The van der Waals surface area contributed by atoms with Crippen LogP contribution in [-0.4, -0.2) is 30.0 Å². The monoisotopic (exact) mass is 223 g/mol. The second kappa shape index (κ2) is 4.53. The molecule has 0 spiro atoms. The van der Waals surface area contributed by atoms with Crippen molar-refractivity contribution >= 4 is 23.2 Å². The van der Waals surface area contributed by atoms with Gasteiger partial charge >= 0.3 is 6.18 Å². The van der Waals surface area contributed by atoms with Crippen LogP contribution in [0.15, 0.2) is 0 Å². The van der Waals surface area contributed by atoms with Crippen molar-refractivity contribution in [2.75, 3.05) is 18.3 Å². The molecule has 0 saturated heterocycles. The highest BCUT2D eigenvalue weighted by molar-refractivity contribution is 6.22. The average Bonchev–Trinajstić information content (AvgIpc) is 1.99. The van der Waals surface area contributed by atoms with Gasteiger partial charge in [-0.15, -0.1) is 23.2 Å². The molecule has 0 aliphatic heterocycles. The molecule has 1 nitrogen and oxygen atoms in total. The highest BCUT2D eigenvalue weighted by atomic mass is 35.5. The fraction of sp³-hybridized carbons (Fsp3) is 1.00. The fourth-order valence-corrected chi connectivity index (χ4v) is 0.919. The summed E-state index contributed by atoms with van der Waals surface area (Å²) in [5.41, 5.74) is -0.849. The van der Waals surface area contributed by atoms with Crippen molar-refractivity contribution in [1.82, 2.24) is 5.32 Å². The van der Waals surface area contributed by atoms with Gasteiger partial charge in [0.25, 0.3) is 0 Å². The van der Waals surface area contributed by atoms with Crippen molar-refractivity contribution < 1.29 is 13.2 Å². The van der Waals surface area contributed by atoms with Gasteiger partial charge in [-0.1, -0.05) is 0 Å². The molecule has 1 N–H and O–H groups in total. The van der Waals surface area contributed by atoms with E-state index in [4.69, 9.17) is 23.2 Å². The summed E-state index contributed by atoms with van der Waals surface area (Å²) in [5, 5.41) is 2.25. The second-order valence-electron chi connectivity index (χ2n) is 2.80. The average molecular weight is 224 g/mol. The molecule has 0 aliphatic rings. The molecule has 12 heavy (non-hydrogen) atoms. The zero-order chi connectivity index (χ0) is 9.83. The molecule has 0 atom stereocenters. The number of hydrogen-bond donors (Lipinski definition) is 1. The Morgan fingerprint density at radius 1 is 1.17 bits per heavy atom. The lowest BCUT2D eigenvalue weighted by Gasteiger charge is -2.26. The van der Waals surface area contributed by atoms with E-state index >= 15 is 0 Å². The molecule has 74 valence electrons. The van der Waals surface area contributed by atoms with Crippen LogP contribution in [0.4, 0.5) is 13.2 Å². The van der Waals surface area contributed by atoms with E-state index in [-0.39, 0.29) is 11.8 Å². The van der Waals surface area contributed by atoms with E-state index in [1.807, 2.05) is 0 Å².